The molecule has 0 saturated heterocycles. The monoisotopic (exact) mass is 268 g/mol. The Morgan fingerprint density at radius 2 is 2.27 bits per heavy atom. The highest BCUT2D eigenvalue weighted by molar-refractivity contribution is 9.10. The van der Waals surface area contributed by atoms with Gasteiger partial charge in [0.25, 0.3) is 0 Å². The molecule has 0 radical (unpaired) electrons. The van der Waals surface area contributed by atoms with E-state index in [-0.39, 0.29) is 5.78 Å². The molecule has 15 heavy (non-hydrogen) atoms. The Balaban J connectivity index is 2.56. The Hall–Kier alpha value is -0.670. The number of carbonyl (C=O) groups is 1. The van der Waals surface area contributed by atoms with Gasteiger partial charge >= 0.3 is 0 Å². The molecule has 1 N–H and O–H groups in total. The van der Waals surface area contributed by atoms with Gasteiger partial charge in [0.2, 0.25) is 0 Å². The van der Waals surface area contributed by atoms with E-state index in [2.05, 4.69) is 15.9 Å². The number of hydrogen-bond donors (Lipinski definition) is 1. The lowest BCUT2D eigenvalue weighted by Crippen LogP contribution is -2.11. The van der Waals surface area contributed by atoms with Crippen LogP contribution >= 0.6 is 15.9 Å². The molecular weight excluding hydrogens is 256 g/mol. The summed E-state index contributed by atoms with van der Waals surface area (Å²) in [7, 11) is 0. The van der Waals surface area contributed by atoms with Gasteiger partial charge in [0.15, 0.2) is 5.78 Å². The van der Waals surface area contributed by atoms with Gasteiger partial charge in [0.1, 0.15) is 0 Å². The summed E-state index contributed by atoms with van der Waals surface area (Å²) in [5, 5.41) is 9.86. The molecule has 0 aromatic heterocycles. The van der Waals surface area contributed by atoms with E-state index in [0.717, 1.165) is 34.9 Å². The lowest BCUT2D eigenvalue weighted by atomic mass is 9.88. The van der Waals surface area contributed by atoms with E-state index < -0.39 is 6.10 Å². The van der Waals surface area contributed by atoms with Crippen LogP contribution in [0.5, 0.6) is 0 Å². The summed E-state index contributed by atoms with van der Waals surface area (Å²) in [4.78, 5) is 11.3. The van der Waals surface area contributed by atoms with Crippen LogP contribution in [0.3, 0.4) is 0 Å². The van der Waals surface area contributed by atoms with Gasteiger partial charge in [-0.2, -0.15) is 0 Å². The minimum absolute atomic E-state index is 0.0382. The number of aliphatic hydroxyl groups is 1. The standard InChI is InChI=1S/C12H13BrO2/c1-7(14)8-5-10-9(11(13)6-8)3-2-4-12(10)15/h5-6,12,15H,2-4H2,1H3. The highest BCUT2D eigenvalue weighted by Gasteiger charge is 2.21. The maximum atomic E-state index is 11.3. The van der Waals surface area contributed by atoms with Gasteiger partial charge in [-0.15, -0.1) is 0 Å². The largest absolute Gasteiger partial charge is 0.388 e. The molecule has 0 heterocycles. The second-order valence-electron chi connectivity index (χ2n) is 3.99. The molecule has 0 fully saturated rings. The smallest absolute Gasteiger partial charge is 0.159 e. The quantitative estimate of drug-likeness (QED) is 0.796. The van der Waals surface area contributed by atoms with Crippen molar-refractivity contribution in [1.29, 1.82) is 0 Å². The molecule has 1 aliphatic rings. The molecule has 1 aromatic carbocycles. The normalized spacial score (nSPS) is 19.8. The van der Waals surface area contributed by atoms with Crippen LogP contribution in [-0.2, 0) is 6.42 Å². The maximum Gasteiger partial charge on any atom is 0.159 e. The van der Waals surface area contributed by atoms with Crippen LogP contribution in [0.15, 0.2) is 16.6 Å². The average molecular weight is 269 g/mol. The van der Waals surface area contributed by atoms with Crippen LogP contribution in [-0.4, -0.2) is 10.9 Å². The minimum Gasteiger partial charge on any atom is -0.388 e. The van der Waals surface area contributed by atoms with Crippen molar-refractivity contribution in [2.24, 2.45) is 0 Å². The Bertz CT molecular complexity index is 412. The fraction of sp³-hybridized carbons (Fsp3) is 0.417. The molecule has 0 bridgehead atoms. The van der Waals surface area contributed by atoms with E-state index >= 15 is 0 Å². The van der Waals surface area contributed by atoms with E-state index in [4.69, 9.17) is 0 Å². The molecule has 1 aliphatic carbocycles. The molecule has 1 aromatic rings. The van der Waals surface area contributed by atoms with Crippen molar-refractivity contribution in [3.63, 3.8) is 0 Å². The van der Waals surface area contributed by atoms with Gasteiger partial charge < -0.3 is 5.11 Å². The molecule has 2 rings (SSSR count). The Morgan fingerprint density at radius 1 is 1.53 bits per heavy atom. The van der Waals surface area contributed by atoms with Crippen molar-refractivity contribution in [3.8, 4) is 0 Å². The number of carbonyl (C=O) groups excluding carboxylic acids is 1. The van der Waals surface area contributed by atoms with Crippen LogP contribution in [0.1, 0.15) is 47.4 Å². The second-order valence-corrected chi connectivity index (χ2v) is 4.84. The number of hydrogen-bond acceptors (Lipinski definition) is 2. The van der Waals surface area contributed by atoms with Crippen LogP contribution < -0.4 is 0 Å². The summed E-state index contributed by atoms with van der Waals surface area (Å²) in [5.41, 5.74) is 2.74. The SMILES string of the molecule is CC(=O)c1cc(Br)c2c(c1)C(O)CCC2. The average Bonchev–Trinajstić information content (AvgIpc) is 2.19. The first-order chi connectivity index (χ1) is 7.09. The molecule has 1 unspecified atom stereocenters. The molecule has 2 nitrogen and oxygen atoms in total. The summed E-state index contributed by atoms with van der Waals surface area (Å²) in [5.74, 6) is 0.0382. The summed E-state index contributed by atoms with van der Waals surface area (Å²) in [6, 6.07) is 3.67. The number of halogens is 1. The number of Topliss-reactive ketones (excluding diaryl/α,β-unsaturated/α-hetero) is 1. The van der Waals surface area contributed by atoms with E-state index in [1.54, 1.807) is 6.92 Å². The number of fused-ring (bicyclic) bond motifs is 1. The third-order valence-electron chi connectivity index (χ3n) is 2.90. The van der Waals surface area contributed by atoms with Gasteiger partial charge in [0.05, 0.1) is 6.10 Å². The Morgan fingerprint density at radius 3 is 2.93 bits per heavy atom. The number of rotatable bonds is 1. The summed E-state index contributed by atoms with van der Waals surface area (Å²) in [6.07, 6.45) is 2.36. The van der Waals surface area contributed by atoms with E-state index in [1.165, 1.54) is 0 Å². The first-order valence-electron chi connectivity index (χ1n) is 5.11. The summed E-state index contributed by atoms with van der Waals surface area (Å²) < 4.78 is 0.948. The molecule has 0 saturated carbocycles. The highest BCUT2D eigenvalue weighted by Crippen LogP contribution is 2.35. The third-order valence-corrected chi connectivity index (χ3v) is 3.61. The predicted octanol–water partition coefficient (Wildman–Crippen LogP) is 3.02. The van der Waals surface area contributed by atoms with Gasteiger partial charge in [-0.05, 0) is 49.4 Å². The molecule has 80 valence electrons. The van der Waals surface area contributed by atoms with Crippen molar-refractivity contribution in [3.05, 3.63) is 33.3 Å². The zero-order valence-corrected chi connectivity index (χ0v) is 10.2. The first-order valence-corrected chi connectivity index (χ1v) is 5.90. The maximum absolute atomic E-state index is 11.3. The Labute approximate surface area is 97.4 Å². The highest BCUT2D eigenvalue weighted by atomic mass is 79.9. The molecular formula is C12H13BrO2. The van der Waals surface area contributed by atoms with E-state index in [9.17, 15) is 9.90 Å². The van der Waals surface area contributed by atoms with Crippen molar-refractivity contribution in [2.45, 2.75) is 32.3 Å². The number of benzene rings is 1. The van der Waals surface area contributed by atoms with Crippen molar-refractivity contribution in [2.75, 3.05) is 0 Å². The van der Waals surface area contributed by atoms with Crippen molar-refractivity contribution >= 4 is 21.7 Å². The van der Waals surface area contributed by atoms with Gasteiger partial charge in [-0.3, -0.25) is 4.79 Å². The summed E-state index contributed by atoms with van der Waals surface area (Å²) in [6.45, 7) is 1.55. The zero-order chi connectivity index (χ0) is 11.0. The fourth-order valence-electron chi connectivity index (χ4n) is 2.05. The predicted molar refractivity (Wildman–Crippen MR) is 62.0 cm³/mol. The second kappa shape index (κ2) is 4.06. The lowest BCUT2D eigenvalue weighted by molar-refractivity contribution is 0.101. The van der Waals surface area contributed by atoms with Crippen LogP contribution in [0.25, 0.3) is 0 Å². The van der Waals surface area contributed by atoms with Crippen LogP contribution in [0, 0.1) is 0 Å². The number of ketones is 1. The zero-order valence-electron chi connectivity index (χ0n) is 8.59. The first kappa shape index (κ1) is 10.8. The molecule has 0 aliphatic heterocycles. The van der Waals surface area contributed by atoms with E-state index in [1.807, 2.05) is 12.1 Å². The molecule has 3 heteroatoms. The lowest BCUT2D eigenvalue weighted by Gasteiger charge is -2.23. The van der Waals surface area contributed by atoms with Crippen LogP contribution in [0.2, 0.25) is 0 Å². The van der Waals surface area contributed by atoms with Crippen molar-refractivity contribution < 1.29 is 9.90 Å². The third kappa shape index (κ3) is 1.99. The number of aliphatic hydroxyl groups excluding tert-OH is 1. The topological polar surface area (TPSA) is 37.3 Å². The molecule has 0 amide bonds. The molecule has 1 atom stereocenters. The van der Waals surface area contributed by atoms with Crippen LogP contribution in [0.4, 0.5) is 0 Å². The fourth-order valence-corrected chi connectivity index (χ4v) is 2.72. The Kier molecular flexibility index (Phi) is 2.94. The minimum atomic E-state index is -0.413. The van der Waals surface area contributed by atoms with E-state index in [0.29, 0.717) is 5.56 Å². The van der Waals surface area contributed by atoms with Gasteiger partial charge in [-0.25, -0.2) is 0 Å². The van der Waals surface area contributed by atoms with Crippen molar-refractivity contribution in [1.82, 2.24) is 0 Å². The van der Waals surface area contributed by atoms with Gasteiger partial charge in [-0.1, -0.05) is 15.9 Å². The van der Waals surface area contributed by atoms with Gasteiger partial charge in [0, 0.05) is 10.0 Å². The summed E-state index contributed by atoms with van der Waals surface area (Å²) >= 11 is 3.47. The molecule has 0 spiro atoms.